The van der Waals surface area contributed by atoms with Gasteiger partial charge < -0.3 is 9.84 Å². The molecule has 2 aromatic carbocycles. The van der Waals surface area contributed by atoms with Crippen LogP contribution in [0.3, 0.4) is 0 Å². The third-order valence-corrected chi connectivity index (χ3v) is 4.42. The molecule has 0 spiro atoms. The number of fused-ring (bicyclic) bond motifs is 1. The smallest absolute Gasteiger partial charge is 0.277 e. The molecular formula is C21H17N3O3. The second-order valence-electron chi connectivity index (χ2n) is 6.45. The molecule has 134 valence electrons. The lowest BCUT2D eigenvalue weighted by molar-refractivity contribution is -0.111. The van der Waals surface area contributed by atoms with E-state index in [2.05, 4.69) is 15.5 Å². The van der Waals surface area contributed by atoms with Crippen LogP contribution in [-0.2, 0) is 11.3 Å². The molecule has 0 fully saturated rings. The Labute approximate surface area is 155 Å². The zero-order valence-corrected chi connectivity index (χ0v) is 14.9. The first-order valence-corrected chi connectivity index (χ1v) is 8.55. The summed E-state index contributed by atoms with van der Waals surface area (Å²) in [5, 5.41) is 6.55. The largest absolute Gasteiger partial charge is 0.361 e. The molecule has 1 aliphatic heterocycles. The van der Waals surface area contributed by atoms with Gasteiger partial charge in [0, 0.05) is 24.2 Å². The van der Waals surface area contributed by atoms with Crippen LogP contribution >= 0.6 is 0 Å². The van der Waals surface area contributed by atoms with Gasteiger partial charge in [0.05, 0.1) is 6.54 Å². The Bertz CT molecular complexity index is 1100. The summed E-state index contributed by atoms with van der Waals surface area (Å²) in [6.45, 7) is 3.78. The first-order valence-electron chi connectivity index (χ1n) is 8.55. The fourth-order valence-corrected chi connectivity index (χ4v) is 3.13. The summed E-state index contributed by atoms with van der Waals surface area (Å²) < 4.78 is 4.94. The number of nitrogens with one attached hydrogen (secondary N) is 1. The summed E-state index contributed by atoms with van der Waals surface area (Å²) in [4.78, 5) is 28.2. The van der Waals surface area contributed by atoms with E-state index in [0.717, 1.165) is 22.3 Å². The Morgan fingerprint density at radius 2 is 1.89 bits per heavy atom. The Morgan fingerprint density at radius 3 is 2.63 bits per heavy atom. The average Bonchev–Trinajstić information content (AvgIpc) is 3.27. The van der Waals surface area contributed by atoms with Crippen molar-refractivity contribution in [3.05, 3.63) is 71.1 Å². The lowest BCUT2D eigenvalue weighted by atomic mass is 9.97. The van der Waals surface area contributed by atoms with Crippen LogP contribution in [0.1, 0.15) is 34.3 Å². The van der Waals surface area contributed by atoms with Crippen molar-refractivity contribution in [2.75, 3.05) is 5.32 Å². The van der Waals surface area contributed by atoms with Crippen LogP contribution in [0.5, 0.6) is 0 Å². The number of benzene rings is 2. The highest BCUT2D eigenvalue weighted by Crippen LogP contribution is 2.28. The molecule has 0 radical (unpaired) electrons. The van der Waals surface area contributed by atoms with Crippen LogP contribution in [0, 0.1) is 6.92 Å². The van der Waals surface area contributed by atoms with E-state index in [1.54, 1.807) is 13.0 Å². The van der Waals surface area contributed by atoms with Gasteiger partial charge in [-0.3, -0.25) is 14.6 Å². The summed E-state index contributed by atoms with van der Waals surface area (Å²) in [6, 6.07) is 15.1. The summed E-state index contributed by atoms with van der Waals surface area (Å²) in [7, 11) is 0. The number of aryl methyl sites for hydroxylation is 1. The highest BCUT2D eigenvalue weighted by Gasteiger charge is 2.19. The first kappa shape index (κ1) is 16.9. The first-order chi connectivity index (χ1) is 13.0. The standard InChI is InChI=1S/C21H17N3O3/c1-12-8-19(24-27-12)21(26)23-17-5-3-4-14(10-17)15-6-7-18-16(9-15)11-22-20(18)13(2)25/h3-10H,11H2,1-2H3,(H,23,26). The molecule has 0 atom stereocenters. The Hall–Kier alpha value is -3.54. The zero-order chi connectivity index (χ0) is 19.0. The van der Waals surface area contributed by atoms with Gasteiger partial charge in [0.25, 0.3) is 5.91 Å². The molecule has 6 nitrogen and oxygen atoms in total. The van der Waals surface area contributed by atoms with Gasteiger partial charge in [0.2, 0.25) is 0 Å². The van der Waals surface area contributed by atoms with Crippen molar-refractivity contribution in [1.29, 1.82) is 0 Å². The summed E-state index contributed by atoms with van der Waals surface area (Å²) >= 11 is 0. The van der Waals surface area contributed by atoms with E-state index in [4.69, 9.17) is 4.52 Å². The van der Waals surface area contributed by atoms with E-state index in [1.165, 1.54) is 6.92 Å². The number of amides is 1. The second kappa shape index (κ2) is 6.64. The Morgan fingerprint density at radius 1 is 1.07 bits per heavy atom. The van der Waals surface area contributed by atoms with Gasteiger partial charge in [0.15, 0.2) is 11.5 Å². The second-order valence-corrected chi connectivity index (χ2v) is 6.45. The molecule has 0 saturated carbocycles. The van der Waals surface area contributed by atoms with Gasteiger partial charge in [0.1, 0.15) is 11.5 Å². The van der Waals surface area contributed by atoms with E-state index in [1.807, 2.05) is 42.5 Å². The fraction of sp³-hybridized carbons (Fsp3) is 0.143. The van der Waals surface area contributed by atoms with E-state index < -0.39 is 0 Å². The summed E-state index contributed by atoms with van der Waals surface area (Å²) in [5.74, 6) is 0.242. The van der Waals surface area contributed by atoms with Crippen LogP contribution in [0.4, 0.5) is 5.69 Å². The third-order valence-electron chi connectivity index (χ3n) is 4.42. The number of hydrogen-bond donors (Lipinski definition) is 1. The number of aromatic nitrogens is 1. The Balaban J connectivity index is 1.58. The summed E-state index contributed by atoms with van der Waals surface area (Å²) in [6.07, 6.45) is 0. The van der Waals surface area contributed by atoms with E-state index >= 15 is 0 Å². The molecule has 0 bridgehead atoms. The average molecular weight is 359 g/mol. The van der Waals surface area contributed by atoms with Crippen molar-refractivity contribution >= 4 is 23.1 Å². The van der Waals surface area contributed by atoms with Crippen molar-refractivity contribution in [1.82, 2.24) is 5.16 Å². The van der Waals surface area contributed by atoms with Gasteiger partial charge >= 0.3 is 0 Å². The zero-order valence-electron chi connectivity index (χ0n) is 14.9. The van der Waals surface area contributed by atoms with Gasteiger partial charge in [-0.2, -0.15) is 0 Å². The van der Waals surface area contributed by atoms with Crippen molar-refractivity contribution < 1.29 is 14.1 Å². The molecule has 27 heavy (non-hydrogen) atoms. The van der Waals surface area contributed by atoms with E-state index in [9.17, 15) is 9.59 Å². The van der Waals surface area contributed by atoms with Gasteiger partial charge in [-0.05, 0) is 41.8 Å². The van der Waals surface area contributed by atoms with Crippen molar-refractivity contribution in [2.24, 2.45) is 4.99 Å². The van der Waals surface area contributed by atoms with E-state index in [-0.39, 0.29) is 17.4 Å². The van der Waals surface area contributed by atoms with Crippen LogP contribution in [0.25, 0.3) is 11.1 Å². The number of nitrogens with zero attached hydrogens (tertiary/aromatic N) is 2. The molecule has 1 amide bonds. The van der Waals surface area contributed by atoms with E-state index in [0.29, 0.717) is 23.7 Å². The molecular weight excluding hydrogens is 342 g/mol. The normalized spacial score (nSPS) is 12.4. The molecule has 1 N–H and O–H groups in total. The van der Waals surface area contributed by atoms with Crippen LogP contribution < -0.4 is 5.32 Å². The number of rotatable bonds is 4. The summed E-state index contributed by atoms with van der Waals surface area (Å²) in [5.41, 5.74) is 5.34. The van der Waals surface area contributed by atoms with Crippen LogP contribution in [0.2, 0.25) is 0 Å². The number of carbonyl (C=O) groups is 2. The third kappa shape index (κ3) is 3.29. The maximum atomic E-state index is 12.2. The van der Waals surface area contributed by atoms with Crippen molar-refractivity contribution in [3.63, 3.8) is 0 Å². The molecule has 1 aromatic heterocycles. The highest BCUT2D eigenvalue weighted by molar-refractivity contribution is 6.46. The number of ketones is 1. The minimum atomic E-state index is -0.322. The maximum Gasteiger partial charge on any atom is 0.277 e. The number of carbonyl (C=O) groups excluding carboxylic acids is 2. The van der Waals surface area contributed by atoms with Crippen LogP contribution in [0.15, 0.2) is 58.0 Å². The Kier molecular flexibility index (Phi) is 4.16. The molecule has 0 saturated heterocycles. The number of aliphatic imine (C=N–C) groups is 1. The number of anilines is 1. The predicted octanol–water partition coefficient (Wildman–Crippen LogP) is 3.79. The minimum absolute atomic E-state index is 0.0192. The topological polar surface area (TPSA) is 84.6 Å². The quantitative estimate of drug-likeness (QED) is 0.768. The predicted molar refractivity (Wildman–Crippen MR) is 102 cm³/mol. The molecule has 3 aromatic rings. The van der Waals surface area contributed by atoms with Gasteiger partial charge in [-0.1, -0.05) is 29.4 Å². The monoisotopic (exact) mass is 359 g/mol. The minimum Gasteiger partial charge on any atom is -0.361 e. The molecule has 2 heterocycles. The van der Waals surface area contributed by atoms with Gasteiger partial charge in [-0.25, -0.2) is 0 Å². The lowest BCUT2D eigenvalue weighted by Crippen LogP contribution is -2.12. The molecule has 0 aliphatic carbocycles. The SMILES string of the molecule is CC(=O)C1=NCc2cc(-c3cccc(NC(=O)c4cc(C)on4)c3)ccc21. The van der Waals surface area contributed by atoms with Crippen molar-refractivity contribution in [2.45, 2.75) is 20.4 Å². The molecule has 0 unspecified atom stereocenters. The van der Waals surface area contributed by atoms with Crippen molar-refractivity contribution in [3.8, 4) is 11.1 Å². The fourth-order valence-electron chi connectivity index (χ4n) is 3.13. The maximum absolute atomic E-state index is 12.2. The molecule has 6 heteroatoms. The molecule has 1 aliphatic rings. The highest BCUT2D eigenvalue weighted by atomic mass is 16.5. The number of hydrogen-bond acceptors (Lipinski definition) is 5. The van der Waals surface area contributed by atoms with Gasteiger partial charge in [-0.15, -0.1) is 0 Å². The van der Waals surface area contributed by atoms with Crippen LogP contribution in [-0.4, -0.2) is 22.6 Å². The molecule has 4 rings (SSSR count). The number of Topliss-reactive ketones (excluding diaryl/α,β-unsaturated/α-hetero) is 1. The lowest BCUT2D eigenvalue weighted by Gasteiger charge is -2.08.